The maximum absolute atomic E-state index is 12.4. The molecule has 0 aliphatic rings. The van der Waals surface area contributed by atoms with Gasteiger partial charge in [-0.25, -0.2) is 10.9 Å². The number of hydrogen-bond donors (Lipinski definition) is 2. The lowest BCUT2D eigenvalue weighted by Gasteiger charge is -2.07. The highest BCUT2D eigenvalue weighted by Crippen LogP contribution is 2.27. The summed E-state index contributed by atoms with van der Waals surface area (Å²) in [5.41, 5.74) is 7.00. The van der Waals surface area contributed by atoms with Crippen LogP contribution in [0.1, 0.15) is 31.8 Å². The Balaban J connectivity index is 1.55. The quantitative estimate of drug-likeness (QED) is 0.333. The molecule has 0 aromatic heterocycles. The van der Waals surface area contributed by atoms with Crippen molar-refractivity contribution in [3.8, 4) is 23.0 Å². The number of carbonyl (C=O) groups is 2. The average Bonchev–Trinajstić information content (AvgIpc) is 2.92. The minimum absolute atomic E-state index is 0.338. The minimum atomic E-state index is -0.426. The third kappa shape index (κ3) is 6.60. The minimum Gasteiger partial charge on any atom is -0.493 e. The predicted molar refractivity (Wildman–Crippen MR) is 136 cm³/mol. The number of ether oxygens (including phenoxy) is 4. The summed E-state index contributed by atoms with van der Waals surface area (Å²) in [7, 11) is 6.17. The number of hydrogen-bond acceptors (Lipinski definition) is 8. The molecule has 0 unspecified atom stereocenters. The molecular formula is C26H26N4O6. The maximum atomic E-state index is 12.4. The Kier molecular flexibility index (Phi) is 8.99. The van der Waals surface area contributed by atoms with Crippen LogP contribution in [0.5, 0.6) is 23.0 Å². The lowest BCUT2D eigenvalue weighted by Crippen LogP contribution is -2.19. The Morgan fingerprint density at radius 3 is 1.28 bits per heavy atom. The maximum Gasteiger partial charge on any atom is 0.271 e. The molecule has 186 valence electrons. The van der Waals surface area contributed by atoms with Crippen LogP contribution in [0.25, 0.3) is 0 Å². The van der Waals surface area contributed by atoms with Crippen LogP contribution in [0.3, 0.4) is 0 Å². The number of hydrazone groups is 2. The van der Waals surface area contributed by atoms with E-state index in [2.05, 4.69) is 21.1 Å². The van der Waals surface area contributed by atoms with Crippen molar-refractivity contribution in [2.45, 2.75) is 0 Å². The van der Waals surface area contributed by atoms with E-state index in [1.165, 1.54) is 50.9 Å². The first-order valence-electron chi connectivity index (χ1n) is 10.7. The number of nitrogens with zero attached hydrogens (tertiary/aromatic N) is 2. The van der Waals surface area contributed by atoms with E-state index in [-0.39, 0.29) is 0 Å². The number of nitrogens with one attached hydrogen (secondary N) is 2. The molecule has 0 spiro atoms. The molecule has 0 radical (unpaired) electrons. The Hall–Kier alpha value is -4.86. The first kappa shape index (κ1) is 25.8. The van der Waals surface area contributed by atoms with Crippen molar-refractivity contribution in [2.75, 3.05) is 28.4 Å². The fourth-order valence-corrected chi connectivity index (χ4v) is 3.10. The van der Waals surface area contributed by atoms with E-state index in [9.17, 15) is 9.59 Å². The lowest BCUT2D eigenvalue weighted by molar-refractivity contribution is 0.0943. The van der Waals surface area contributed by atoms with Gasteiger partial charge in [0.25, 0.3) is 11.8 Å². The van der Waals surface area contributed by atoms with E-state index in [0.29, 0.717) is 45.3 Å². The molecule has 36 heavy (non-hydrogen) atoms. The zero-order chi connectivity index (χ0) is 25.9. The average molecular weight is 491 g/mol. The van der Waals surface area contributed by atoms with Crippen molar-refractivity contribution in [3.63, 3.8) is 0 Å². The Bertz CT molecular complexity index is 1170. The molecule has 2 amide bonds. The number of methoxy groups -OCH3 is 4. The van der Waals surface area contributed by atoms with E-state index >= 15 is 0 Å². The molecule has 2 N–H and O–H groups in total. The topological polar surface area (TPSA) is 120 Å². The van der Waals surface area contributed by atoms with E-state index in [1.807, 2.05) is 0 Å². The summed E-state index contributed by atoms with van der Waals surface area (Å²) in [6.07, 6.45) is 2.97. The highest BCUT2D eigenvalue weighted by atomic mass is 16.5. The zero-order valence-electron chi connectivity index (χ0n) is 20.3. The zero-order valence-corrected chi connectivity index (χ0v) is 20.3. The summed E-state index contributed by atoms with van der Waals surface area (Å²) < 4.78 is 20.9. The molecule has 10 heteroatoms. The standard InChI is InChI=1S/C26H26N4O6/c1-33-21-11-5-17(13-23(21)35-3)15-27-29-25(31)19-7-9-20(10-8-19)26(32)30-28-16-18-6-12-22(34-2)24(14-18)36-4/h5-16H,1-4H3,(H,29,31)(H,30,32). The van der Waals surface area contributed by atoms with Crippen LogP contribution in [-0.4, -0.2) is 52.7 Å². The van der Waals surface area contributed by atoms with Gasteiger partial charge in [0.05, 0.1) is 40.9 Å². The summed E-state index contributed by atoms with van der Waals surface area (Å²) in [5.74, 6) is 1.43. The third-order valence-electron chi connectivity index (χ3n) is 4.98. The van der Waals surface area contributed by atoms with Crippen molar-refractivity contribution < 1.29 is 28.5 Å². The molecule has 0 heterocycles. The second kappa shape index (κ2) is 12.6. The largest absolute Gasteiger partial charge is 0.493 e. The summed E-state index contributed by atoms with van der Waals surface area (Å²) >= 11 is 0. The van der Waals surface area contributed by atoms with Gasteiger partial charge >= 0.3 is 0 Å². The molecule has 0 saturated carbocycles. The first-order chi connectivity index (χ1) is 17.5. The van der Waals surface area contributed by atoms with Gasteiger partial charge in [-0.15, -0.1) is 0 Å². The molecule has 0 saturated heterocycles. The van der Waals surface area contributed by atoms with Gasteiger partial charge in [-0.2, -0.15) is 10.2 Å². The van der Waals surface area contributed by atoms with Gasteiger partial charge in [0.2, 0.25) is 0 Å². The Labute approximate surface area is 208 Å². The molecule has 0 fully saturated rings. The van der Waals surface area contributed by atoms with Gasteiger partial charge < -0.3 is 18.9 Å². The number of carbonyl (C=O) groups excluding carboxylic acids is 2. The van der Waals surface area contributed by atoms with Gasteiger partial charge in [-0.3, -0.25) is 9.59 Å². The van der Waals surface area contributed by atoms with Gasteiger partial charge in [0.15, 0.2) is 23.0 Å². The van der Waals surface area contributed by atoms with E-state index in [1.54, 1.807) is 50.6 Å². The van der Waals surface area contributed by atoms with Crippen LogP contribution in [0.2, 0.25) is 0 Å². The molecule has 0 atom stereocenters. The summed E-state index contributed by atoms with van der Waals surface area (Å²) in [6.45, 7) is 0. The van der Waals surface area contributed by atoms with Gasteiger partial charge in [0, 0.05) is 11.1 Å². The molecule has 3 rings (SSSR count). The SMILES string of the molecule is COc1ccc(C=NNC(=O)c2ccc(C(=O)NN=Cc3ccc(OC)c(OC)c3)cc2)cc1OC. The highest BCUT2D eigenvalue weighted by Gasteiger charge is 2.09. The van der Waals surface area contributed by atoms with E-state index in [0.717, 1.165) is 0 Å². The van der Waals surface area contributed by atoms with Gasteiger partial charge in [0.1, 0.15) is 0 Å². The molecule has 10 nitrogen and oxygen atoms in total. The van der Waals surface area contributed by atoms with Crippen LogP contribution in [0.4, 0.5) is 0 Å². The molecule has 3 aromatic rings. The normalized spacial score (nSPS) is 10.8. The number of amides is 2. The molecule has 0 bridgehead atoms. The van der Waals surface area contributed by atoms with Crippen molar-refractivity contribution in [1.29, 1.82) is 0 Å². The second-order valence-corrected chi connectivity index (χ2v) is 7.20. The van der Waals surface area contributed by atoms with Crippen molar-refractivity contribution in [2.24, 2.45) is 10.2 Å². The third-order valence-corrected chi connectivity index (χ3v) is 4.98. The van der Waals surface area contributed by atoms with Crippen LogP contribution in [-0.2, 0) is 0 Å². The van der Waals surface area contributed by atoms with Crippen molar-refractivity contribution in [1.82, 2.24) is 10.9 Å². The van der Waals surface area contributed by atoms with Crippen molar-refractivity contribution >= 4 is 24.2 Å². The molecular weight excluding hydrogens is 464 g/mol. The van der Waals surface area contributed by atoms with Gasteiger partial charge in [-0.05, 0) is 71.8 Å². The molecule has 0 aliphatic heterocycles. The summed E-state index contributed by atoms with van der Waals surface area (Å²) in [6, 6.07) is 16.6. The summed E-state index contributed by atoms with van der Waals surface area (Å²) in [5, 5.41) is 7.93. The predicted octanol–water partition coefficient (Wildman–Crippen LogP) is 3.25. The van der Waals surface area contributed by atoms with Crippen LogP contribution >= 0.6 is 0 Å². The number of benzene rings is 3. The number of rotatable bonds is 10. The fourth-order valence-electron chi connectivity index (χ4n) is 3.10. The Morgan fingerprint density at radius 1 is 0.583 bits per heavy atom. The lowest BCUT2D eigenvalue weighted by atomic mass is 10.1. The van der Waals surface area contributed by atoms with Crippen molar-refractivity contribution in [3.05, 3.63) is 82.9 Å². The van der Waals surface area contributed by atoms with Gasteiger partial charge in [-0.1, -0.05) is 0 Å². The highest BCUT2D eigenvalue weighted by molar-refractivity contribution is 5.98. The van der Waals surface area contributed by atoms with Crippen LogP contribution in [0.15, 0.2) is 70.9 Å². The molecule has 3 aromatic carbocycles. The van der Waals surface area contributed by atoms with Crippen LogP contribution in [0, 0.1) is 0 Å². The summed E-state index contributed by atoms with van der Waals surface area (Å²) in [4.78, 5) is 24.7. The Morgan fingerprint density at radius 2 is 0.944 bits per heavy atom. The fraction of sp³-hybridized carbons (Fsp3) is 0.154. The van der Waals surface area contributed by atoms with E-state index < -0.39 is 11.8 Å². The monoisotopic (exact) mass is 490 g/mol. The smallest absolute Gasteiger partial charge is 0.271 e. The second-order valence-electron chi connectivity index (χ2n) is 7.20. The first-order valence-corrected chi connectivity index (χ1v) is 10.7. The molecule has 0 aliphatic carbocycles. The van der Waals surface area contributed by atoms with Crippen LogP contribution < -0.4 is 29.8 Å². The van der Waals surface area contributed by atoms with E-state index in [4.69, 9.17) is 18.9 Å².